The predicted molar refractivity (Wildman–Crippen MR) is 98.6 cm³/mol. The maximum Gasteiger partial charge on any atom is 0.0340 e. The Morgan fingerprint density at radius 1 is 0.727 bits per heavy atom. The van der Waals surface area contributed by atoms with Gasteiger partial charge in [0.25, 0.3) is 0 Å². The van der Waals surface area contributed by atoms with Crippen molar-refractivity contribution in [1.29, 1.82) is 0 Å². The first kappa shape index (κ1) is 16.2. The molecule has 0 unspecified atom stereocenters. The maximum absolute atomic E-state index is 4.24. The van der Waals surface area contributed by atoms with Gasteiger partial charge in [0.2, 0.25) is 0 Å². The van der Waals surface area contributed by atoms with Crippen molar-refractivity contribution in [2.24, 2.45) is 0 Å². The van der Waals surface area contributed by atoms with Crippen LogP contribution in [0.2, 0.25) is 0 Å². The molecule has 0 amide bonds. The molecular weight excluding hydrogens is 268 g/mol. The summed E-state index contributed by atoms with van der Waals surface area (Å²) in [6.45, 7) is 10.6. The summed E-state index contributed by atoms with van der Waals surface area (Å²) in [6.07, 6.45) is 2.26. The lowest BCUT2D eigenvalue weighted by molar-refractivity contribution is 0.979. The van der Waals surface area contributed by atoms with Crippen LogP contribution in [0.25, 0.3) is 5.57 Å². The molecule has 2 aromatic rings. The first-order valence-electron chi connectivity index (χ1n) is 8.12. The Hall–Kier alpha value is -2.22. The molecule has 0 bridgehead atoms. The lowest BCUT2D eigenvalue weighted by atomic mass is 9.99. The van der Waals surface area contributed by atoms with Crippen LogP contribution in [0.4, 0.5) is 11.4 Å². The number of nitrogens with one attached hydrogen (secondary N) is 2. The molecule has 0 saturated carbocycles. The van der Waals surface area contributed by atoms with Crippen molar-refractivity contribution in [3.63, 3.8) is 0 Å². The number of benzene rings is 2. The SMILES string of the molecule is C=C(c1ccc(NCCC)cc1)c1ccc(NCCC)cc1. The van der Waals surface area contributed by atoms with Crippen LogP contribution in [0.5, 0.6) is 0 Å². The third-order valence-electron chi connectivity index (χ3n) is 3.62. The Balaban J connectivity index is 2.04. The fourth-order valence-electron chi connectivity index (χ4n) is 2.28. The minimum atomic E-state index is 1.01. The van der Waals surface area contributed by atoms with Crippen molar-refractivity contribution in [2.75, 3.05) is 23.7 Å². The molecule has 0 fully saturated rings. The van der Waals surface area contributed by atoms with Gasteiger partial charge >= 0.3 is 0 Å². The van der Waals surface area contributed by atoms with Crippen LogP contribution >= 0.6 is 0 Å². The molecule has 0 aliphatic heterocycles. The summed E-state index contributed by atoms with van der Waals surface area (Å²) >= 11 is 0. The van der Waals surface area contributed by atoms with E-state index in [0.717, 1.165) is 54.0 Å². The van der Waals surface area contributed by atoms with Crippen molar-refractivity contribution >= 4 is 16.9 Å². The van der Waals surface area contributed by atoms with Gasteiger partial charge in [-0.1, -0.05) is 44.7 Å². The van der Waals surface area contributed by atoms with E-state index in [1.165, 1.54) is 0 Å². The number of hydrogen-bond donors (Lipinski definition) is 2. The summed E-state index contributed by atoms with van der Waals surface area (Å²) in [7, 11) is 0. The highest BCUT2D eigenvalue weighted by atomic mass is 14.9. The Kier molecular flexibility index (Phi) is 6.08. The minimum absolute atomic E-state index is 1.01. The minimum Gasteiger partial charge on any atom is -0.385 e. The quantitative estimate of drug-likeness (QED) is 0.682. The molecule has 2 nitrogen and oxygen atoms in total. The van der Waals surface area contributed by atoms with Crippen LogP contribution in [-0.2, 0) is 0 Å². The Bertz CT molecular complexity index is 529. The highest BCUT2D eigenvalue weighted by Gasteiger charge is 2.03. The molecule has 0 aliphatic rings. The van der Waals surface area contributed by atoms with E-state index < -0.39 is 0 Å². The lowest BCUT2D eigenvalue weighted by Crippen LogP contribution is -2.00. The fourth-order valence-corrected chi connectivity index (χ4v) is 2.28. The van der Waals surface area contributed by atoms with Gasteiger partial charge in [-0.2, -0.15) is 0 Å². The molecule has 2 rings (SSSR count). The van der Waals surface area contributed by atoms with Crippen LogP contribution < -0.4 is 10.6 Å². The highest BCUT2D eigenvalue weighted by molar-refractivity contribution is 5.79. The summed E-state index contributed by atoms with van der Waals surface area (Å²) in [5, 5.41) is 6.78. The van der Waals surface area contributed by atoms with Crippen LogP contribution in [-0.4, -0.2) is 13.1 Å². The molecule has 0 atom stereocenters. The number of hydrogen-bond acceptors (Lipinski definition) is 2. The van der Waals surface area contributed by atoms with Gasteiger partial charge in [-0.05, 0) is 53.8 Å². The second-order valence-corrected chi connectivity index (χ2v) is 5.49. The zero-order chi connectivity index (χ0) is 15.8. The molecule has 0 saturated heterocycles. The van der Waals surface area contributed by atoms with Crippen molar-refractivity contribution < 1.29 is 0 Å². The van der Waals surface area contributed by atoms with E-state index >= 15 is 0 Å². The van der Waals surface area contributed by atoms with E-state index in [0.29, 0.717) is 0 Å². The van der Waals surface area contributed by atoms with Gasteiger partial charge in [-0.25, -0.2) is 0 Å². The molecule has 0 aromatic heterocycles. The third-order valence-corrected chi connectivity index (χ3v) is 3.62. The third kappa shape index (κ3) is 4.39. The average Bonchev–Trinajstić information content (AvgIpc) is 2.58. The van der Waals surface area contributed by atoms with E-state index in [4.69, 9.17) is 0 Å². The fraction of sp³-hybridized carbons (Fsp3) is 0.300. The van der Waals surface area contributed by atoms with Crippen molar-refractivity contribution in [2.45, 2.75) is 26.7 Å². The molecule has 2 aromatic carbocycles. The van der Waals surface area contributed by atoms with Crippen LogP contribution in [0.3, 0.4) is 0 Å². The van der Waals surface area contributed by atoms with Crippen molar-refractivity contribution in [3.8, 4) is 0 Å². The van der Waals surface area contributed by atoms with E-state index in [-0.39, 0.29) is 0 Å². The largest absolute Gasteiger partial charge is 0.385 e. The standard InChI is InChI=1S/C20H26N2/c1-4-14-21-19-10-6-17(7-11-19)16(3)18-8-12-20(13-9-18)22-15-5-2/h6-13,21-22H,3-5,14-15H2,1-2H3. The summed E-state index contributed by atoms with van der Waals surface area (Å²) < 4.78 is 0. The maximum atomic E-state index is 4.24. The smallest absolute Gasteiger partial charge is 0.0340 e. The first-order chi connectivity index (χ1) is 10.7. The van der Waals surface area contributed by atoms with Crippen LogP contribution in [0, 0.1) is 0 Å². The van der Waals surface area contributed by atoms with Gasteiger partial charge in [0, 0.05) is 24.5 Å². The average molecular weight is 294 g/mol. The molecule has 116 valence electrons. The van der Waals surface area contributed by atoms with Crippen LogP contribution in [0.1, 0.15) is 37.8 Å². The number of anilines is 2. The predicted octanol–water partition coefficient (Wildman–Crippen LogP) is 5.39. The summed E-state index contributed by atoms with van der Waals surface area (Å²) in [5.41, 5.74) is 5.71. The normalized spacial score (nSPS) is 10.3. The Labute approximate surface area is 134 Å². The van der Waals surface area contributed by atoms with Crippen molar-refractivity contribution in [3.05, 3.63) is 66.2 Å². The Morgan fingerprint density at radius 3 is 1.41 bits per heavy atom. The number of rotatable bonds is 8. The Morgan fingerprint density at radius 2 is 1.09 bits per heavy atom. The second-order valence-electron chi connectivity index (χ2n) is 5.49. The molecule has 2 N–H and O–H groups in total. The van der Waals surface area contributed by atoms with Crippen molar-refractivity contribution in [1.82, 2.24) is 0 Å². The summed E-state index contributed by atoms with van der Waals surface area (Å²) in [5.74, 6) is 0. The molecule has 0 aliphatic carbocycles. The second kappa shape index (κ2) is 8.28. The van der Waals surface area contributed by atoms with Gasteiger partial charge in [0.05, 0.1) is 0 Å². The van der Waals surface area contributed by atoms with Crippen LogP contribution in [0.15, 0.2) is 55.1 Å². The molecule has 22 heavy (non-hydrogen) atoms. The molecule has 0 heterocycles. The molecular formula is C20H26N2. The lowest BCUT2D eigenvalue weighted by Gasteiger charge is -2.10. The molecule has 0 spiro atoms. The van der Waals surface area contributed by atoms with Gasteiger partial charge in [0.15, 0.2) is 0 Å². The van der Waals surface area contributed by atoms with Gasteiger partial charge in [-0.3, -0.25) is 0 Å². The topological polar surface area (TPSA) is 24.1 Å². The summed E-state index contributed by atoms with van der Waals surface area (Å²) in [4.78, 5) is 0. The summed E-state index contributed by atoms with van der Waals surface area (Å²) in [6, 6.07) is 17.0. The van der Waals surface area contributed by atoms with Gasteiger partial charge < -0.3 is 10.6 Å². The zero-order valence-corrected chi connectivity index (χ0v) is 13.7. The monoisotopic (exact) mass is 294 g/mol. The van der Waals surface area contributed by atoms with E-state index in [1.807, 2.05) is 0 Å². The molecule has 0 radical (unpaired) electrons. The van der Waals surface area contributed by atoms with E-state index in [9.17, 15) is 0 Å². The molecule has 2 heteroatoms. The first-order valence-corrected chi connectivity index (χ1v) is 8.12. The van der Waals surface area contributed by atoms with Gasteiger partial charge in [0.1, 0.15) is 0 Å². The zero-order valence-electron chi connectivity index (χ0n) is 13.7. The van der Waals surface area contributed by atoms with E-state index in [1.54, 1.807) is 0 Å². The highest BCUT2D eigenvalue weighted by Crippen LogP contribution is 2.24. The van der Waals surface area contributed by atoms with Gasteiger partial charge in [-0.15, -0.1) is 0 Å². The van der Waals surface area contributed by atoms with E-state index in [2.05, 4.69) is 79.6 Å².